The highest BCUT2D eigenvalue weighted by Gasteiger charge is 2.15. The fourth-order valence-corrected chi connectivity index (χ4v) is 1.94. The number of benzene rings is 2. The van der Waals surface area contributed by atoms with Crippen molar-refractivity contribution in [3.63, 3.8) is 0 Å². The van der Waals surface area contributed by atoms with Crippen LogP contribution in [0.15, 0.2) is 61.2 Å². The van der Waals surface area contributed by atoms with Gasteiger partial charge in [-0.05, 0) is 17.7 Å². The Kier molecular flexibility index (Phi) is 4.61. The molecule has 0 saturated heterocycles. The molecule has 0 aliphatic carbocycles. The van der Waals surface area contributed by atoms with Gasteiger partial charge in [-0.3, -0.25) is 0 Å². The van der Waals surface area contributed by atoms with Gasteiger partial charge in [-0.15, -0.1) is 6.58 Å². The fourth-order valence-electron chi connectivity index (χ4n) is 1.94. The van der Waals surface area contributed by atoms with Crippen LogP contribution in [0.25, 0.3) is 0 Å². The highest BCUT2D eigenvalue weighted by molar-refractivity contribution is 5.92. The Hall–Kier alpha value is -2.75. The Morgan fingerprint density at radius 1 is 1.19 bits per heavy atom. The van der Waals surface area contributed by atoms with E-state index in [0.29, 0.717) is 0 Å². The highest BCUT2D eigenvalue weighted by atomic mass is 16.5. The summed E-state index contributed by atoms with van der Waals surface area (Å²) in [5, 5.41) is 18.8. The Bertz CT molecular complexity index is 634. The number of phenolic OH excluding ortho intramolecular Hbond substituents is 2. The first kappa shape index (κ1) is 14.7. The Morgan fingerprint density at radius 3 is 2.52 bits per heavy atom. The van der Waals surface area contributed by atoms with E-state index in [9.17, 15) is 15.0 Å². The Labute approximate surface area is 122 Å². The number of hydrogen-bond donors (Lipinski definition) is 2. The molecule has 2 N–H and O–H groups in total. The number of phenols is 2. The molecule has 21 heavy (non-hydrogen) atoms. The molecule has 2 aromatic rings. The minimum atomic E-state index is -0.643. The van der Waals surface area contributed by atoms with E-state index < -0.39 is 5.97 Å². The lowest BCUT2D eigenvalue weighted by atomic mass is 10.0. The van der Waals surface area contributed by atoms with Crippen molar-refractivity contribution in [2.75, 3.05) is 6.61 Å². The van der Waals surface area contributed by atoms with Crippen LogP contribution >= 0.6 is 0 Å². The Morgan fingerprint density at radius 2 is 1.90 bits per heavy atom. The summed E-state index contributed by atoms with van der Waals surface area (Å²) in [4.78, 5) is 11.9. The van der Waals surface area contributed by atoms with Gasteiger partial charge in [0.1, 0.15) is 23.7 Å². The van der Waals surface area contributed by atoms with Gasteiger partial charge in [0.2, 0.25) is 0 Å². The number of ether oxygens (including phenoxy) is 1. The predicted octanol–water partition coefficient (Wildman–Crippen LogP) is 3.22. The molecule has 0 aliphatic heterocycles. The van der Waals surface area contributed by atoms with Crippen molar-refractivity contribution >= 4 is 5.97 Å². The maximum atomic E-state index is 11.9. The molecule has 2 rings (SSSR count). The van der Waals surface area contributed by atoms with Gasteiger partial charge in [0.15, 0.2) is 0 Å². The van der Waals surface area contributed by atoms with E-state index in [0.717, 1.165) is 11.6 Å². The molecular formula is C17H16O4. The zero-order valence-corrected chi connectivity index (χ0v) is 11.4. The number of esters is 1. The molecule has 1 unspecified atom stereocenters. The molecule has 0 bridgehead atoms. The van der Waals surface area contributed by atoms with Gasteiger partial charge in [0.05, 0.1) is 0 Å². The number of rotatable bonds is 5. The van der Waals surface area contributed by atoms with Crippen molar-refractivity contribution in [2.24, 2.45) is 0 Å². The van der Waals surface area contributed by atoms with Gasteiger partial charge in [-0.1, -0.05) is 36.4 Å². The first-order valence-electron chi connectivity index (χ1n) is 6.48. The van der Waals surface area contributed by atoms with Gasteiger partial charge < -0.3 is 14.9 Å². The van der Waals surface area contributed by atoms with Crippen LogP contribution in [-0.4, -0.2) is 22.8 Å². The molecule has 4 nitrogen and oxygen atoms in total. The van der Waals surface area contributed by atoms with Gasteiger partial charge >= 0.3 is 5.97 Å². The van der Waals surface area contributed by atoms with E-state index in [1.165, 1.54) is 12.1 Å². The first-order valence-corrected chi connectivity index (χ1v) is 6.48. The molecule has 2 aromatic carbocycles. The molecule has 1 atom stereocenters. The lowest BCUT2D eigenvalue weighted by Gasteiger charge is -2.13. The molecule has 0 spiro atoms. The summed E-state index contributed by atoms with van der Waals surface area (Å²) in [6, 6.07) is 13.3. The lowest BCUT2D eigenvalue weighted by molar-refractivity contribution is 0.0491. The minimum absolute atomic E-state index is 0.0173. The van der Waals surface area contributed by atoms with E-state index in [4.69, 9.17) is 4.74 Å². The summed E-state index contributed by atoms with van der Waals surface area (Å²) < 4.78 is 5.20. The monoisotopic (exact) mass is 284 g/mol. The van der Waals surface area contributed by atoms with Gasteiger partial charge in [0.25, 0.3) is 0 Å². The molecule has 108 valence electrons. The Balaban J connectivity index is 2.04. The highest BCUT2D eigenvalue weighted by Crippen LogP contribution is 2.24. The van der Waals surface area contributed by atoms with Crippen LogP contribution in [-0.2, 0) is 4.74 Å². The lowest BCUT2D eigenvalue weighted by Crippen LogP contribution is -2.12. The van der Waals surface area contributed by atoms with Crippen LogP contribution in [0.5, 0.6) is 11.5 Å². The molecule has 0 saturated carbocycles. The SMILES string of the molecule is C=CC(COC(=O)c1ccc(O)cc1O)c1ccccc1. The van der Waals surface area contributed by atoms with Crippen LogP contribution in [0.4, 0.5) is 0 Å². The zero-order valence-electron chi connectivity index (χ0n) is 11.4. The van der Waals surface area contributed by atoms with E-state index in [1.54, 1.807) is 6.08 Å². The second kappa shape index (κ2) is 6.61. The quantitative estimate of drug-likeness (QED) is 0.653. The van der Waals surface area contributed by atoms with Crippen molar-refractivity contribution in [3.05, 3.63) is 72.3 Å². The maximum Gasteiger partial charge on any atom is 0.341 e. The average Bonchev–Trinajstić information content (AvgIpc) is 2.48. The summed E-state index contributed by atoms with van der Waals surface area (Å²) in [6.45, 7) is 3.88. The molecule has 0 aromatic heterocycles. The van der Waals surface area contributed by atoms with E-state index >= 15 is 0 Å². The first-order chi connectivity index (χ1) is 10.1. The summed E-state index contributed by atoms with van der Waals surface area (Å²) >= 11 is 0. The van der Waals surface area contributed by atoms with Crippen LogP contribution in [0.2, 0.25) is 0 Å². The molecule has 4 heteroatoms. The van der Waals surface area contributed by atoms with E-state index in [1.807, 2.05) is 30.3 Å². The van der Waals surface area contributed by atoms with Crippen molar-refractivity contribution in [2.45, 2.75) is 5.92 Å². The third-order valence-electron chi connectivity index (χ3n) is 3.11. The van der Waals surface area contributed by atoms with E-state index in [-0.39, 0.29) is 29.6 Å². The topological polar surface area (TPSA) is 66.8 Å². The third kappa shape index (κ3) is 3.63. The maximum absolute atomic E-state index is 11.9. The van der Waals surface area contributed by atoms with Crippen molar-refractivity contribution in [1.82, 2.24) is 0 Å². The number of carbonyl (C=O) groups is 1. The molecule has 0 aliphatic rings. The van der Waals surface area contributed by atoms with Crippen LogP contribution in [0, 0.1) is 0 Å². The van der Waals surface area contributed by atoms with Crippen LogP contribution in [0.1, 0.15) is 21.8 Å². The second-order valence-corrected chi connectivity index (χ2v) is 4.55. The predicted molar refractivity (Wildman–Crippen MR) is 79.4 cm³/mol. The summed E-state index contributed by atoms with van der Waals surface area (Å²) in [5.41, 5.74) is 1.01. The average molecular weight is 284 g/mol. The smallest absolute Gasteiger partial charge is 0.341 e. The van der Waals surface area contributed by atoms with Crippen molar-refractivity contribution in [3.8, 4) is 11.5 Å². The van der Waals surface area contributed by atoms with Gasteiger partial charge in [-0.25, -0.2) is 4.79 Å². The van der Waals surface area contributed by atoms with Crippen molar-refractivity contribution < 1.29 is 19.7 Å². The number of carbonyl (C=O) groups excluding carboxylic acids is 1. The van der Waals surface area contributed by atoms with Gasteiger partial charge in [0, 0.05) is 12.0 Å². The molecule has 0 heterocycles. The van der Waals surface area contributed by atoms with Crippen molar-refractivity contribution in [1.29, 1.82) is 0 Å². The van der Waals surface area contributed by atoms with Crippen LogP contribution < -0.4 is 0 Å². The summed E-state index contributed by atoms with van der Waals surface area (Å²) in [6.07, 6.45) is 1.71. The van der Waals surface area contributed by atoms with E-state index in [2.05, 4.69) is 6.58 Å². The van der Waals surface area contributed by atoms with Gasteiger partial charge in [-0.2, -0.15) is 0 Å². The normalized spacial score (nSPS) is 11.6. The minimum Gasteiger partial charge on any atom is -0.508 e. The molecular weight excluding hydrogens is 268 g/mol. The summed E-state index contributed by atoms with van der Waals surface area (Å²) in [7, 11) is 0. The number of aromatic hydroxyl groups is 2. The second-order valence-electron chi connectivity index (χ2n) is 4.55. The molecule has 0 amide bonds. The largest absolute Gasteiger partial charge is 0.508 e. The molecule has 0 radical (unpaired) electrons. The third-order valence-corrected chi connectivity index (χ3v) is 3.11. The number of hydrogen-bond acceptors (Lipinski definition) is 4. The fraction of sp³-hybridized carbons (Fsp3) is 0.118. The standard InChI is InChI=1S/C17H16O4/c1-2-12(13-6-4-3-5-7-13)11-21-17(20)15-9-8-14(18)10-16(15)19/h2-10,12,18-19H,1,11H2. The van der Waals surface area contributed by atoms with Crippen LogP contribution in [0.3, 0.4) is 0 Å². The zero-order chi connectivity index (χ0) is 15.2. The summed E-state index contributed by atoms with van der Waals surface area (Å²) in [5.74, 6) is -1.18. The molecule has 0 fully saturated rings.